The highest BCUT2D eigenvalue weighted by molar-refractivity contribution is 6.07. The van der Waals surface area contributed by atoms with Crippen molar-refractivity contribution in [2.45, 2.75) is 38.8 Å². The zero-order valence-electron chi connectivity index (χ0n) is 20.3. The van der Waals surface area contributed by atoms with Crippen LogP contribution in [-0.2, 0) is 14.2 Å². The minimum atomic E-state index is -0.641. The average molecular weight is 470 g/mol. The van der Waals surface area contributed by atoms with E-state index in [1.54, 1.807) is 20.8 Å². The number of ether oxygens (including phenoxy) is 3. The second-order valence-corrected chi connectivity index (χ2v) is 9.92. The number of benzene rings is 2. The molecule has 2 aromatic rings. The molecule has 0 aromatic heterocycles. The number of hydrogen-bond acceptors (Lipinski definition) is 6. The van der Waals surface area contributed by atoms with Crippen molar-refractivity contribution in [2.24, 2.45) is 5.92 Å². The first-order valence-electron chi connectivity index (χ1n) is 12.0. The number of rotatable bonds is 6. The van der Waals surface area contributed by atoms with Crippen LogP contribution < -0.4 is 10.6 Å². The highest BCUT2D eigenvalue weighted by Gasteiger charge is 2.32. The maximum Gasteiger partial charge on any atom is 0.412 e. The molecule has 4 rings (SSSR count). The lowest BCUT2D eigenvalue weighted by atomic mass is 9.96. The topological polar surface area (TPSA) is 89.1 Å². The van der Waals surface area contributed by atoms with Gasteiger partial charge in [-0.05, 0) is 50.1 Å². The normalized spacial score (nSPS) is 20.1. The Morgan fingerprint density at radius 3 is 2.44 bits per heavy atom. The first-order valence-corrected chi connectivity index (χ1v) is 12.0. The Bertz CT molecular complexity index is 1010. The van der Waals surface area contributed by atoms with Gasteiger partial charge in [0.25, 0.3) is 5.91 Å². The molecule has 2 heterocycles. The predicted molar refractivity (Wildman–Crippen MR) is 131 cm³/mol. The van der Waals surface area contributed by atoms with E-state index >= 15 is 0 Å². The summed E-state index contributed by atoms with van der Waals surface area (Å²) in [4.78, 5) is 28.3. The van der Waals surface area contributed by atoms with Crippen LogP contribution in [0.25, 0.3) is 10.8 Å². The molecule has 34 heavy (non-hydrogen) atoms. The summed E-state index contributed by atoms with van der Waals surface area (Å²) in [6.07, 6.45) is 0.394. The van der Waals surface area contributed by atoms with Gasteiger partial charge < -0.3 is 19.5 Å². The van der Waals surface area contributed by atoms with E-state index < -0.39 is 11.7 Å². The van der Waals surface area contributed by atoms with E-state index in [2.05, 4.69) is 15.5 Å². The van der Waals surface area contributed by atoms with E-state index in [4.69, 9.17) is 14.2 Å². The third-order valence-electron chi connectivity index (χ3n) is 6.26. The fraction of sp³-hybridized carbons (Fsp3) is 0.538. The Hall–Kier alpha value is -2.68. The second kappa shape index (κ2) is 10.7. The molecule has 2 fully saturated rings. The van der Waals surface area contributed by atoms with Gasteiger partial charge in [0, 0.05) is 38.2 Å². The van der Waals surface area contributed by atoms with Crippen LogP contribution in [0.3, 0.4) is 0 Å². The quantitative estimate of drug-likeness (QED) is 0.671. The monoisotopic (exact) mass is 469 g/mol. The summed E-state index contributed by atoms with van der Waals surface area (Å²) in [6, 6.07) is 11.6. The van der Waals surface area contributed by atoms with E-state index in [1.807, 2.05) is 36.4 Å². The molecule has 0 spiro atoms. The molecule has 2 aliphatic rings. The van der Waals surface area contributed by atoms with Gasteiger partial charge in [-0.25, -0.2) is 4.79 Å². The molecular formula is C26H35N3O5. The summed E-state index contributed by atoms with van der Waals surface area (Å²) in [5.41, 5.74) is 0.198. The number of nitrogens with zero attached hydrogens (tertiary/aromatic N) is 1. The second-order valence-electron chi connectivity index (χ2n) is 9.92. The van der Waals surface area contributed by atoms with Crippen LogP contribution >= 0.6 is 0 Å². The van der Waals surface area contributed by atoms with Gasteiger partial charge in [0.15, 0.2) is 0 Å². The highest BCUT2D eigenvalue weighted by atomic mass is 16.6. The van der Waals surface area contributed by atoms with Gasteiger partial charge in [0.2, 0.25) is 0 Å². The molecule has 8 heteroatoms. The van der Waals surface area contributed by atoms with Crippen LogP contribution in [0.4, 0.5) is 10.5 Å². The molecule has 8 nitrogen and oxygen atoms in total. The lowest BCUT2D eigenvalue weighted by Crippen LogP contribution is -2.52. The molecule has 2 unspecified atom stereocenters. The zero-order chi connectivity index (χ0) is 24.1. The van der Waals surface area contributed by atoms with Gasteiger partial charge in [0.05, 0.1) is 31.1 Å². The lowest BCUT2D eigenvalue weighted by molar-refractivity contribution is 0.00167. The van der Waals surface area contributed by atoms with Crippen molar-refractivity contribution in [3.63, 3.8) is 0 Å². The van der Waals surface area contributed by atoms with Gasteiger partial charge in [-0.15, -0.1) is 0 Å². The number of carbonyl (C=O) groups is 2. The molecule has 2 N–H and O–H groups in total. The van der Waals surface area contributed by atoms with E-state index in [0.29, 0.717) is 43.5 Å². The summed E-state index contributed by atoms with van der Waals surface area (Å²) in [5, 5.41) is 7.77. The largest absolute Gasteiger partial charge is 0.444 e. The van der Waals surface area contributed by atoms with Gasteiger partial charge >= 0.3 is 6.09 Å². The molecule has 0 saturated carbocycles. The third-order valence-corrected chi connectivity index (χ3v) is 6.26. The standard InChI is InChI=1S/C26H35N3O5/c1-26(2,3)34-25(31)28-22-15-19-7-5-4-6-18(19)14-21(22)24(30)27-16-23(20-8-11-33-17-20)29-9-12-32-13-10-29/h4-7,14-15,20,23H,8-13,16-17H2,1-3H3,(H,27,30)(H,28,31). The molecule has 0 aliphatic carbocycles. The van der Waals surface area contributed by atoms with Gasteiger partial charge in [-0.1, -0.05) is 24.3 Å². The number of morpholine rings is 1. The van der Waals surface area contributed by atoms with E-state index in [-0.39, 0.29) is 11.9 Å². The van der Waals surface area contributed by atoms with Crippen LogP contribution in [0.1, 0.15) is 37.6 Å². The Balaban J connectivity index is 1.54. The Kier molecular flexibility index (Phi) is 7.70. The fourth-order valence-electron chi connectivity index (χ4n) is 4.60. The number of carbonyl (C=O) groups excluding carboxylic acids is 2. The first kappa shape index (κ1) is 24.4. The van der Waals surface area contributed by atoms with Crippen LogP contribution in [-0.4, -0.2) is 74.6 Å². The van der Waals surface area contributed by atoms with Crippen LogP contribution in [0.5, 0.6) is 0 Å². The lowest BCUT2D eigenvalue weighted by Gasteiger charge is -2.37. The Morgan fingerprint density at radius 1 is 1.09 bits per heavy atom. The molecule has 2 amide bonds. The molecule has 184 valence electrons. The summed E-state index contributed by atoms with van der Waals surface area (Å²) in [6.45, 7) is 10.5. The van der Waals surface area contributed by atoms with E-state index in [1.165, 1.54) is 0 Å². The predicted octanol–water partition coefficient (Wildman–Crippen LogP) is 3.65. The SMILES string of the molecule is CC(C)(C)OC(=O)Nc1cc2ccccc2cc1C(=O)NCC(C1CCOC1)N1CCOCC1. The minimum absolute atomic E-state index is 0.179. The number of hydrogen-bond donors (Lipinski definition) is 2. The Labute approximate surface area is 200 Å². The fourth-order valence-corrected chi connectivity index (χ4v) is 4.60. The maximum atomic E-state index is 13.4. The zero-order valence-corrected chi connectivity index (χ0v) is 20.3. The van der Waals surface area contributed by atoms with Gasteiger partial charge in [-0.3, -0.25) is 15.0 Å². The van der Waals surface area contributed by atoms with E-state index in [9.17, 15) is 9.59 Å². The molecule has 2 aliphatic heterocycles. The maximum absolute atomic E-state index is 13.4. The van der Waals surface area contributed by atoms with Crippen molar-refractivity contribution in [2.75, 3.05) is 51.4 Å². The minimum Gasteiger partial charge on any atom is -0.444 e. The van der Waals surface area contributed by atoms with Crippen molar-refractivity contribution in [3.05, 3.63) is 42.0 Å². The van der Waals surface area contributed by atoms with Crippen LogP contribution in [0.2, 0.25) is 0 Å². The van der Waals surface area contributed by atoms with Crippen molar-refractivity contribution < 1.29 is 23.8 Å². The number of fused-ring (bicyclic) bond motifs is 1. The molecule has 2 atom stereocenters. The summed E-state index contributed by atoms with van der Waals surface area (Å²) < 4.78 is 16.6. The molecule has 0 bridgehead atoms. The summed E-state index contributed by atoms with van der Waals surface area (Å²) >= 11 is 0. The van der Waals surface area contributed by atoms with Crippen molar-refractivity contribution >= 4 is 28.5 Å². The molecule has 2 saturated heterocycles. The van der Waals surface area contributed by atoms with Crippen LogP contribution in [0.15, 0.2) is 36.4 Å². The Morgan fingerprint density at radius 2 is 1.79 bits per heavy atom. The summed E-state index contributed by atoms with van der Waals surface area (Å²) in [7, 11) is 0. The van der Waals surface area contributed by atoms with E-state index in [0.717, 1.165) is 36.9 Å². The molecule has 0 radical (unpaired) electrons. The number of anilines is 1. The van der Waals surface area contributed by atoms with Gasteiger partial charge in [-0.2, -0.15) is 0 Å². The smallest absolute Gasteiger partial charge is 0.412 e. The van der Waals surface area contributed by atoms with Crippen molar-refractivity contribution in [1.29, 1.82) is 0 Å². The number of nitrogens with one attached hydrogen (secondary N) is 2. The molecule has 2 aromatic carbocycles. The molecular weight excluding hydrogens is 434 g/mol. The first-order chi connectivity index (χ1) is 16.3. The van der Waals surface area contributed by atoms with Crippen LogP contribution in [0, 0.1) is 5.92 Å². The van der Waals surface area contributed by atoms with Crippen molar-refractivity contribution in [3.8, 4) is 0 Å². The highest BCUT2D eigenvalue weighted by Crippen LogP contribution is 2.26. The summed E-state index contributed by atoms with van der Waals surface area (Å²) in [5.74, 6) is 0.142. The average Bonchev–Trinajstić information content (AvgIpc) is 3.32. The number of amides is 2. The van der Waals surface area contributed by atoms with Gasteiger partial charge in [0.1, 0.15) is 5.60 Å². The van der Waals surface area contributed by atoms with Crippen molar-refractivity contribution in [1.82, 2.24) is 10.2 Å². The third kappa shape index (κ3) is 6.25.